The van der Waals surface area contributed by atoms with E-state index < -0.39 is 0 Å². The highest BCUT2D eigenvalue weighted by Gasteiger charge is 2.08. The molecule has 2 aromatic carbocycles. The van der Waals surface area contributed by atoms with Crippen LogP contribution in [0, 0.1) is 6.92 Å². The number of nitrogens with two attached hydrogens (primary N) is 1. The third-order valence-electron chi connectivity index (χ3n) is 3.22. The van der Waals surface area contributed by atoms with Crippen molar-refractivity contribution >= 4 is 5.69 Å². The van der Waals surface area contributed by atoms with Gasteiger partial charge in [-0.1, -0.05) is 62.4 Å². The van der Waals surface area contributed by atoms with Crippen LogP contribution in [-0.2, 0) is 0 Å². The second-order valence-electron chi connectivity index (χ2n) is 5.03. The van der Waals surface area contributed by atoms with E-state index in [4.69, 9.17) is 10.5 Å². The van der Waals surface area contributed by atoms with Crippen LogP contribution in [0.15, 0.2) is 79.1 Å². The van der Waals surface area contributed by atoms with Crippen molar-refractivity contribution in [2.75, 3.05) is 5.73 Å². The van der Waals surface area contributed by atoms with Gasteiger partial charge in [-0.15, -0.1) is 0 Å². The predicted octanol–water partition coefficient (Wildman–Crippen LogP) is 6.30. The summed E-state index contributed by atoms with van der Waals surface area (Å²) in [6, 6.07) is 14.0. The molecule has 126 valence electrons. The number of anilines is 1. The molecule has 0 bridgehead atoms. The maximum atomic E-state index is 5.98. The molecule has 0 fully saturated rings. The Hall–Kier alpha value is -2.74. The molecule has 2 aromatic rings. The zero-order chi connectivity index (χ0) is 17.9. The van der Waals surface area contributed by atoms with E-state index in [0.717, 1.165) is 16.9 Å². The molecule has 0 spiro atoms. The molecule has 0 atom stereocenters. The van der Waals surface area contributed by atoms with Crippen molar-refractivity contribution in [1.29, 1.82) is 0 Å². The Kier molecular flexibility index (Phi) is 8.14. The van der Waals surface area contributed by atoms with Crippen molar-refractivity contribution in [1.82, 2.24) is 0 Å². The highest BCUT2D eigenvalue weighted by atomic mass is 16.5. The van der Waals surface area contributed by atoms with Gasteiger partial charge >= 0.3 is 0 Å². The van der Waals surface area contributed by atoms with E-state index in [1.165, 1.54) is 5.56 Å². The third-order valence-corrected chi connectivity index (χ3v) is 3.22. The molecule has 2 rings (SSSR count). The van der Waals surface area contributed by atoms with Crippen LogP contribution in [0.4, 0.5) is 5.69 Å². The van der Waals surface area contributed by atoms with E-state index in [2.05, 4.69) is 31.7 Å². The normalized spacial score (nSPS) is 10.9. The lowest BCUT2D eigenvalue weighted by Crippen LogP contribution is -1.96. The first-order valence-electron chi connectivity index (χ1n) is 8.24. The fourth-order valence-electron chi connectivity index (χ4n) is 2.14. The summed E-state index contributed by atoms with van der Waals surface area (Å²) in [7, 11) is 0. The van der Waals surface area contributed by atoms with Crippen molar-refractivity contribution in [3.05, 3.63) is 84.7 Å². The lowest BCUT2D eigenvalue weighted by atomic mass is 10.0. The summed E-state index contributed by atoms with van der Waals surface area (Å²) in [6.07, 6.45) is 7.41. The SMILES string of the molecule is C=C/C(=C\C=C/C)Oc1cc(N)ccc1-c1cccc(C)c1.CC. The summed E-state index contributed by atoms with van der Waals surface area (Å²) in [5, 5.41) is 0. The van der Waals surface area contributed by atoms with E-state index in [9.17, 15) is 0 Å². The molecule has 0 aliphatic heterocycles. The van der Waals surface area contributed by atoms with Gasteiger partial charge in [-0.25, -0.2) is 0 Å². The largest absolute Gasteiger partial charge is 0.457 e. The Balaban J connectivity index is 0.00000139. The summed E-state index contributed by atoms with van der Waals surface area (Å²) >= 11 is 0. The number of rotatable bonds is 5. The molecule has 0 aliphatic carbocycles. The Bertz CT molecular complexity index is 726. The standard InChI is InChI=1S/C20H21NO.C2H6/c1-4-6-10-18(5-2)22-20-14-17(21)11-12-19(20)16-9-7-8-15(3)13-16;1-2/h4-14H,2,21H2,1,3H3;1-2H3/b6-4-,18-10+;. The Morgan fingerprint density at radius 3 is 2.50 bits per heavy atom. The summed E-state index contributed by atoms with van der Waals surface area (Å²) < 4.78 is 5.98. The van der Waals surface area contributed by atoms with Gasteiger partial charge in [-0.3, -0.25) is 0 Å². The maximum absolute atomic E-state index is 5.98. The highest BCUT2D eigenvalue weighted by molar-refractivity contribution is 5.73. The minimum Gasteiger partial charge on any atom is -0.457 e. The number of hydrogen-bond donors (Lipinski definition) is 1. The molecule has 0 unspecified atom stereocenters. The first kappa shape index (κ1) is 19.3. The zero-order valence-electron chi connectivity index (χ0n) is 15.0. The van der Waals surface area contributed by atoms with Gasteiger partial charge < -0.3 is 10.5 Å². The average Bonchev–Trinajstić information content (AvgIpc) is 2.60. The second kappa shape index (κ2) is 10.1. The van der Waals surface area contributed by atoms with E-state index in [-0.39, 0.29) is 0 Å². The molecule has 0 amide bonds. The topological polar surface area (TPSA) is 35.2 Å². The number of benzene rings is 2. The van der Waals surface area contributed by atoms with Crippen LogP contribution in [0.3, 0.4) is 0 Å². The van der Waals surface area contributed by atoms with Crippen molar-refractivity contribution < 1.29 is 4.74 Å². The van der Waals surface area contributed by atoms with Crippen LogP contribution in [0.25, 0.3) is 11.1 Å². The Labute approximate surface area is 146 Å². The van der Waals surface area contributed by atoms with Gasteiger partial charge in [0.2, 0.25) is 0 Å². The molecule has 24 heavy (non-hydrogen) atoms. The van der Waals surface area contributed by atoms with Crippen LogP contribution in [0.1, 0.15) is 26.3 Å². The lowest BCUT2D eigenvalue weighted by molar-refractivity contribution is 0.447. The smallest absolute Gasteiger partial charge is 0.137 e. The highest BCUT2D eigenvalue weighted by Crippen LogP contribution is 2.33. The molecule has 0 saturated carbocycles. The first-order chi connectivity index (χ1) is 11.6. The molecule has 2 heteroatoms. The first-order valence-corrected chi connectivity index (χ1v) is 8.24. The molecule has 0 radical (unpaired) electrons. The average molecular weight is 321 g/mol. The number of ether oxygens (including phenoxy) is 1. The lowest BCUT2D eigenvalue weighted by Gasteiger charge is -2.13. The predicted molar refractivity (Wildman–Crippen MR) is 106 cm³/mol. The molecular weight excluding hydrogens is 294 g/mol. The molecule has 0 aliphatic rings. The van der Waals surface area contributed by atoms with Crippen LogP contribution < -0.4 is 10.5 Å². The summed E-state index contributed by atoms with van der Waals surface area (Å²) in [5.74, 6) is 1.40. The van der Waals surface area contributed by atoms with Crippen LogP contribution in [0.5, 0.6) is 5.75 Å². The van der Waals surface area contributed by atoms with Gasteiger partial charge in [0, 0.05) is 17.3 Å². The van der Waals surface area contributed by atoms with Crippen LogP contribution >= 0.6 is 0 Å². The van der Waals surface area contributed by atoms with Crippen LogP contribution in [-0.4, -0.2) is 0 Å². The molecule has 2 nitrogen and oxygen atoms in total. The van der Waals surface area contributed by atoms with Crippen molar-refractivity contribution in [2.45, 2.75) is 27.7 Å². The third kappa shape index (κ3) is 5.47. The number of allylic oxidation sites excluding steroid dienone is 4. The number of hydrogen-bond acceptors (Lipinski definition) is 2. The molecule has 0 aromatic heterocycles. The minimum atomic E-state index is 0.667. The Morgan fingerprint density at radius 2 is 1.88 bits per heavy atom. The fourth-order valence-corrected chi connectivity index (χ4v) is 2.14. The Morgan fingerprint density at radius 1 is 1.12 bits per heavy atom. The molecule has 2 N–H and O–H groups in total. The molecule has 0 saturated heterocycles. The zero-order valence-corrected chi connectivity index (χ0v) is 15.0. The second-order valence-corrected chi connectivity index (χ2v) is 5.03. The van der Waals surface area contributed by atoms with Crippen molar-refractivity contribution in [3.63, 3.8) is 0 Å². The van der Waals surface area contributed by atoms with Gasteiger partial charge in [-0.2, -0.15) is 0 Å². The monoisotopic (exact) mass is 321 g/mol. The molecular formula is C22H27NO. The van der Waals surface area contributed by atoms with Crippen molar-refractivity contribution in [3.8, 4) is 16.9 Å². The van der Waals surface area contributed by atoms with Crippen LogP contribution in [0.2, 0.25) is 0 Å². The van der Waals surface area contributed by atoms with Gasteiger partial charge in [0.25, 0.3) is 0 Å². The quantitative estimate of drug-likeness (QED) is 0.399. The summed E-state index contributed by atoms with van der Waals surface area (Å²) in [5.41, 5.74) is 9.89. The van der Waals surface area contributed by atoms with Gasteiger partial charge in [0.15, 0.2) is 0 Å². The van der Waals surface area contributed by atoms with Gasteiger partial charge in [0.1, 0.15) is 11.5 Å². The summed E-state index contributed by atoms with van der Waals surface area (Å²) in [6.45, 7) is 11.8. The molecule has 0 heterocycles. The van der Waals surface area contributed by atoms with E-state index in [1.807, 2.05) is 63.3 Å². The van der Waals surface area contributed by atoms with Gasteiger partial charge in [-0.05, 0) is 43.7 Å². The minimum absolute atomic E-state index is 0.667. The maximum Gasteiger partial charge on any atom is 0.137 e. The van der Waals surface area contributed by atoms with Crippen molar-refractivity contribution in [2.24, 2.45) is 0 Å². The van der Waals surface area contributed by atoms with Gasteiger partial charge in [0.05, 0.1) is 0 Å². The summed E-state index contributed by atoms with van der Waals surface area (Å²) in [4.78, 5) is 0. The van der Waals surface area contributed by atoms with E-state index >= 15 is 0 Å². The fraction of sp³-hybridized carbons (Fsp3) is 0.182. The number of aryl methyl sites for hydroxylation is 1. The number of nitrogen functional groups attached to an aromatic ring is 1. The van der Waals surface area contributed by atoms with E-state index in [0.29, 0.717) is 11.4 Å². The van der Waals surface area contributed by atoms with E-state index in [1.54, 1.807) is 6.08 Å².